The Morgan fingerprint density at radius 2 is 2.13 bits per heavy atom. The predicted octanol–water partition coefficient (Wildman–Crippen LogP) is 3.43. The fourth-order valence-electron chi connectivity index (χ4n) is 2.59. The summed E-state index contributed by atoms with van der Waals surface area (Å²) in [6.45, 7) is 4.67. The van der Waals surface area contributed by atoms with Gasteiger partial charge in [-0.1, -0.05) is 49.2 Å². The molecule has 0 saturated heterocycles. The van der Waals surface area contributed by atoms with Gasteiger partial charge < -0.3 is 9.67 Å². The zero-order chi connectivity index (χ0) is 16.1. The van der Waals surface area contributed by atoms with Crippen LogP contribution < -0.4 is 0 Å². The highest BCUT2D eigenvalue weighted by Gasteiger charge is 2.25. The van der Waals surface area contributed by atoms with Gasteiger partial charge in [-0.3, -0.25) is 0 Å². The summed E-state index contributed by atoms with van der Waals surface area (Å²) in [5.74, 6) is 0. The third-order valence-corrected chi connectivity index (χ3v) is 5.55. The minimum atomic E-state index is -0.299. The molecule has 0 spiro atoms. The van der Waals surface area contributed by atoms with Gasteiger partial charge in [-0.2, -0.15) is 0 Å². The van der Waals surface area contributed by atoms with Crippen molar-refractivity contribution in [1.82, 2.24) is 13.9 Å². The molecule has 0 aliphatic heterocycles. The van der Waals surface area contributed by atoms with E-state index < -0.39 is 0 Å². The average Bonchev–Trinajstić information content (AvgIpc) is 3.27. The number of imidazole rings is 1. The summed E-state index contributed by atoms with van der Waals surface area (Å²) in [6.07, 6.45) is 6.85. The lowest BCUT2D eigenvalue weighted by molar-refractivity contribution is 0.137. The first-order valence-corrected chi connectivity index (χ1v) is 9.25. The van der Waals surface area contributed by atoms with E-state index in [0.29, 0.717) is 0 Å². The van der Waals surface area contributed by atoms with Crippen LogP contribution in [0.5, 0.6) is 0 Å². The second-order valence-electron chi connectivity index (χ2n) is 6.07. The van der Waals surface area contributed by atoms with Gasteiger partial charge in [0.2, 0.25) is 0 Å². The van der Waals surface area contributed by atoms with E-state index in [1.54, 1.807) is 0 Å². The van der Waals surface area contributed by atoms with Gasteiger partial charge in [0, 0.05) is 24.9 Å². The summed E-state index contributed by atoms with van der Waals surface area (Å²) >= 11 is 1.92. The highest BCUT2D eigenvalue weighted by Crippen LogP contribution is 2.36. The predicted molar refractivity (Wildman–Crippen MR) is 96.1 cm³/mol. The SMILES string of the molecule is CCN(CC(O)CCn1cncc1-c1ccccc1)SC1CC1. The lowest BCUT2D eigenvalue weighted by Crippen LogP contribution is -2.28. The molecule has 2 aromatic rings. The van der Waals surface area contributed by atoms with Crippen LogP contribution in [0.15, 0.2) is 42.9 Å². The molecule has 1 saturated carbocycles. The Kier molecular flexibility index (Phi) is 5.75. The summed E-state index contributed by atoms with van der Waals surface area (Å²) in [5, 5.41) is 11.1. The molecule has 23 heavy (non-hydrogen) atoms. The van der Waals surface area contributed by atoms with E-state index in [0.717, 1.165) is 37.0 Å². The van der Waals surface area contributed by atoms with E-state index in [2.05, 4.69) is 32.9 Å². The van der Waals surface area contributed by atoms with Gasteiger partial charge in [-0.15, -0.1) is 0 Å². The molecule has 1 aliphatic rings. The van der Waals surface area contributed by atoms with Crippen LogP contribution in [0.3, 0.4) is 0 Å². The lowest BCUT2D eigenvalue weighted by Gasteiger charge is -2.22. The van der Waals surface area contributed by atoms with Crippen molar-refractivity contribution in [3.8, 4) is 11.3 Å². The van der Waals surface area contributed by atoms with Gasteiger partial charge >= 0.3 is 0 Å². The van der Waals surface area contributed by atoms with Gasteiger partial charge in [-0.25, -0.2) is 9.29 Å². The number of likely N-dealkylation sites (N-methyl/N-ethyl adjacent to an activating group) is 1. The van der Waals surface area contributed by atoms with Crippen molar-refractivity contribution in [2.75, 3.05) is 13.1 Å². The number of hydrogen-bond donors (Lipinski definition) is 1. The monoisotopic (exact) mass is 331 g/mol. The lowest BCUT2D eigenvalue weighted by atomic mass is 10.1. The van der Waals surface area contributed by atoms with Crippen molar-refractivity contribution in [2.45, 2.75) is 44.1 Å². The molecule has 1 N–H and O–H groups in total. The molecule has 1 aliphatic carbocycles. The molecule has 5 heteroatoms. The Morgan fingerprint density at radius 1 is 1.35 bits per heavy atom. The molecule has 4 nitrogen and oxygen atoms in total. The molecule has 1 unspecified atom stereocenters. The van der Waals surface area contributed by atoms with Crippen molar-refractivity contribution in [2.24, 2.45) is 0 Å². The summed E-state index contributed by atoms with van der Waals surface area (Å²) in [5.41, 5.74) is 2.27. The van der Waals surface area contributed by atoms with E-state index in [9.17, 15) is 5.11 Å². The molecule has 1 atom stereocenters. The first-order chi connectivity index (χ1) is 11.3. The van der Waals surface area contributed by atoms with Crippen molar-refractivity contribution in [3.05, 3.63) is 42.9 Å². The number of nitrogens with zero attached hydrogens (tertiary/aromatic N) is 3. The molecule has 0 amide bonds. The number of rotatable bonds is 9. The molecule has 0 radical (unpaired) electrons. The van der Waals surface area contributed by atoms with Crippen LogP contribution in [0.2, 0.25) is 0 Å². The standard InChI is InChI=1S/C18H25N3OS/c1-2-21(23-17-8-9-17)13-16(22)10-11-20-14-19-12-18(20)15-6-4-3-5-7-15/h3-7,12,14,16-17,22H,2,8-11,13H2,1H3. The van der Waals surface area contributed by atoms with Crippen LogP contribution in [-0.2, 0) is 6.54 Å². The fraction of sp³-hybridized carbons (Fsp3) is 0.500. The first kappa shape index (κ1) is 16.6. The Morgan fingerprint density at radius 3 is 2.83 bits per heavy atom. The van der Waals surface area contributed by atoms with Crippen LogP contribution in [0.25, 0.3) is 11.3 Å². The molecular weight excluding hydrogens is 306 g/mol. The second-order valence-corrected chi connectivity index (χ2v) is 7.46. The quantitative estimate of drug-likeness (QED) is 0.715. The topological polar surface area (TPSA) is 41.3 Å². The summed E-state index contributed by atoms with van der Waals surface area (Å²) in [7, 11) is 0. The van der Waals surface area contributed by atoms with Gasteiger partial charge in [0.15, 0.2) is 0 Å². The van der Waals surface area contributed by atoms with Crippen LogP contribution >= 0.6 is 11.9 Å². The van der Waals surface area contributed by atoms with E-state index in [1.165, 1.54) is 18.4 Å². The summed E-state index contributed by atoms with van der Waals surface area (Å²) < 4.78 is 4.43. The third-order valence-electron chi connectivity index (χ3n) is 4.07. The van der Waals surface area contributed by atoms with E-state index >= 15 is 0 Å². The maximum absolute atomic E-state index is 10.4. The van der Waals surface area contributed by atoms with E-state index in [-0.39, 0.29) is 6.10 Å². The summed E-state index contributed by atoms with van der Waals surface area (Å²) in [6, 6.07) is 10.3. The maximum atomic E-state index is 10.4. The van der Waals surface area contributed by atoms with Gasteiger partial charge in [0.1, 0.15) is 0 Å². The van der Waals surface area contributed by atoms with Crippen molar-refractivity contribution < 1.29 is 5.11 Å². The molecule has 1 aromatic heterocycles. The van der Waals surface area contributed by atoms with E-state index in [4.69, 9.17) is 0 Å². The van der Waals surface area contributed by atoms with Crippen LogP contribution in [0, 0.1) is 0 Å². The molecule has 3 rings (SSSR count). The number of aryl methyl sites for hydroxylation is 1. The Hall–Kier alpha value is -1.30. The molecule has 0 bridgehead atoms. The molecular formula is C18H25N3OS. The normalized spacial score (nSPS) is 16.0. The maximum Gasteiger partial charge on any atom is 0.0950 e. The fourth-order valence-corrected chi connectivity index (χ4v) is 3.77. The Bertz CT molecular complexity index is 597. The second kappa shape index (κ2) is 7.99. The minimum Gasteiger partial charge on any atom is -0.392 e. The number of aromatic nitrogens is 2. The average molecular weight is 331 g/mol. The largest absolute Gasteiger partial charge is 0.392 e. The highest BCUT2D eigenvalue weighted by molar-refractivity contribution is 7.97. The molecule has 124 valence electrons. The van der Waals surface area contributed by atoms with Gasteiger partial charge in [-0.05, 0) is 24.8 Å². The summed E-state index contributed by atoms with van der Waals surface area (Å²) in [4.78, 5) is 4.27. The van der Waals surface area contributed by atoms with Crippen molar-refractivity contribution in [1.29, 1.82) is 0 Å². The van der Waals surface area contributed by atoms with E-state index in [1.807, 2.05) is 42.7 Å². The van der Waals surface area contributed by atoms with Gasteiger partial charge in [0.05, 0.1) is 24.3 Å². The zero-order valence-electron chi connectivity index (χ0n) is 13.6. The molecule has 1 aromatic carbocycles. The first-order valence-electron chi connectivity index (χ1n) is 8.41. The van der Waals surface area contributed by atoms with Crippen molar-refractivity contribution >= 4 is 11.9 Å². The highest BCUT2D eigenvalue weighted by atomic mass is 32.2. The third kappa shape index (κ3) is 4.83. The van der Waals surface area contributed by atoms with Crippen LogP contribution in [0.4, 0.5) is 0 Å². The number of aliphatic hydroxyl groups excluding tert-OH is 1. The molecule has 1 heterocycles. The smallest absolute Gasteiger partial charge is 0.0950 e. The number of aliphatic hydroxyl groups is 1. The zero-order valence-corrected chi connectivity index (χ0v) is 14.5. The van der Waals surface area contributed by atoms with Crippen molar-refractivity contribution in [3.63, 3.8) is 0 Å². The Labute approximate surface area is 142 Å². The van der Waals surface area contributed by atoms with Crippen LogP contribution in [0.1, 0.15) is 26.2 Å². The Balaban J connectivity index is 1.53. The number of benzene rings is 1. The minimum absolute atomic E-state index is 0.299. The van der Waals surface area contributed by atoms with Crippen LogP contribution in [-0.4, -0.2) is 43.4 Å². The number of hydrogen-bond acceptors (Lipinski definition) is 4. The van der Waals surface area contributed by atoms with Gasteiger partial charge in [0.25, 0.3) is 0 Å². The molecule has 1 fully saturated rings.